The lowest BCUT2D eigenvalue weighted by atomic mass is 9.93. The Morgan fingerprint density at radius 1 is 0.667 bits per heavy atom. The smallest absolute Gasteiger partial charge is 0.263 e. The van der Waals surface area contributed by atoms with Gasteiger partial charge in [-0.05, 0) is 55.8 Å². The first-order valence-electron chi connectivity index (χ1n) is 11.6. The lowest BCUT2D eigenvalue weighted by Gasteiger charge is -2.43. The highest BCUT2D eigenvalue weighted by Crippen LogP contribution is 2.46. The van der Waals surface area contributed by atoms with E-state index in [-0.39, 0.29) is 16.2 Å². The Morgan fingerprint density at radius 2 is 1.17 bits per heavy atom. The molecule has 0 aliphatic carbocycles. The van der Waals surface area contributed by atoms with E-state index in [9.17, 15) is 16.8 Å². The van der Waals surface area contributed by atoms with Crippen molar-refractivity contribution in [3.63, 3.8) is 0 Å². The van der Waals surface area contributed by atoms with Crippen LogP contribution in [0.2, 0.25) is 0 Å². The fourth-order valence-electron chi connectivity index (χ4n) is 4.81. The number of hydrogen-bond donors (Lipinski definition) is 0. The van der Waals surface area contributed by atoms with Crippen molar-refractivity contribution in [3.8, 4) is 0 Å². The van der Waals surface area contributed by atoms with Crippen LogP contribution < -0.4 is 8.61 Å². The zero-order valence-electron chi connectivity index (χ0n) is 19.7. The Balaban J connectivity index is 1.69. The van der Waals surface area contributed by atoms with Crippen LogP contribution >= 0.6 is 0 Å². The Hall–Kier alpha value is -3.62. The lowest BCUT2D eigenvalue weighted by molar-refractivity contribution is 0.511. The molecular weight excluding hydrogens is 492 g/mol. The molecule has 1 aliphatic rings. The molecule has 0 radical (unpaired) electrons. The first-order chi connectivity index (χ1) is 17.3. The fourth-order valence-corrected chi connectivity index (χ4v) is 8.19. The topological polar surface area (TPSA) is 74.8 Å². The van der Waals surface area contributed by atoms with E-state index in [1.165, 1.54) is 8.61 Å². The average Bonchev–Trinajstić information content (AvgIpc) is 2.90. The van der Waals surface area contributed by atoms with Crippen molar-refractivity contribution in [3.05, 3.63) is 121 Å². The summed E-state index contributed by atoms with van der Waals surface area (Å²) in [7, 11) is -7.82. The Morgan fingerprint density at radius 3 is 1.78 bits per heavy atom. The monoisotopic (exact) mass is 518 g/mol. The van der Waals surface area contributed by atoms with E-state index < -0.39 is 32.1 Å². The molecule has 1 heterocycles. The Labute approximate surface area is 212 Å². The molecule has 0 aromatic heterocycles. The molecule has 0 amide bonds. The quantitative estimate of drug-likeness (QED) is 0.333. The van der Waals surface area contributed by atoms with E-state index in [0.29, 0.717) is 16.9 Å². The number of nitrogens with zero attached hydrogens (tertiary/aromatic N) is 2. The normalized spacial score (nSPS) is 17.9. The number of para-hydroxylation sites is 2. The first-order valence-corrected chi connectivity index (χ1v) is 14.5. The fraction of sp³-hybridized carbons (Fsp3) is 0.143. The van der Waals surface area contributed by atoms with Crippen molar-refractivity contribution in [2.24, 2.45) is 0 Å². The zero-order chi connectivity index (χ0) is 25.3. The highest BCUT2D eigenvalue weighted by molar-refractivity contribution is 7.93. The SMILES string of the molecule is C[C@H]1C[C@@H](N(c2ccccc2)S(=O)(=O)c2ccccc2)c2ccccc2N1S(=O)(=O)c1ccccc1. The standard InChI is InChI=1S/C28H26N2O4S2/c1-22-21-28(30(23-13-5-2-6-14-23)36(33,34)25-17-9-4-10-18-25)26-19-11-12-20-27(26)29(22)35(31,32)24-15-7-3-8-16-24/h2-20,22,28H,21H2,1H3/t22-,28+/m0/s1. The number of fused-ring (bicyclic) bond motifs is 1. The van der Waals surface area contributed by atoms with Gasteiger partial charge in [-0.15, -0.1) is 0 Å². The first kappa shape index (κ1) is 24.1. The third-order valence-electron chi connectivity index (χ3n) is 6.39. The average molecular weight is 519 g/mol. The van der Waals surface area contributed by atoms with Gasteiger partial charge in [-0.2, -0.15) is 0 Å². The van der Waals surface area contributed by atoms with Crippen molar-refractivity contribution < 1.29 is 16.8 Å². The van der Waals surface area contributed by atoms with Crippen molar-refractivity contribution in [2.45, 2.75) is 35.2 Å². The molecule has 0 unspecified atom stereocenters. The number of sulfonamides is 2. The predicted octanol–water partition coefficient (Wildman–Crippen LogP) is 5.61. The number of benzene rings is 4. The van der Waals surface area contributed by atoms with Crippen molar-refractivity contribution in [1.29, 1.82) is 0 Å². The molecule has 2 atom stereocenters. The molecular formula is C28H26N2O4S2. The minimum absolute atomic E-state index is 0.179. The molecule has 0 saturated carbocycles. The minimum Gasteiger partial charge on any atom is -0.263 e. The second-order valence-corrected chi connectivity index (χ2v) is 12.4. The van der Waals surface area contributed by atoms with Gasteiger partial charge in [-0.1, -0.05) is 72.8 Å². The maximum absolute atomic E-state index is 14.0. The maximum atomic E-state index is 14.0. The number of hydrogen-bond acceptors (Lipinski definition) is 4. The molecule has 0 N–H and O–H groups in total. The molecule has 0 spiro atoms. The molecule has 0 saturated heterocycles. The molecule has 5 rings (SSSR count). The molecule has 0 fully saturated rings. The zero-order valence-corrected chi connectivity index (χ0v) is 21.3. The molecule has 4 aromatic rings. The van der Waals surface area contributed by atoms with Crippen molar-refractivity contribution in [2.75, 3.05) is 8.61 Å². The predicted molar refractivity (Wildman–Crippen MR) is 142 cm³/mol. The van der Waals surface area contributed by atoms with Gasteiger partial charge in [0, 0.05) is 11.6 Å². The summed E-state index contributed by atoms with van der Waals surface area (Å²) in [4.78, 5) is 0.375. The van der Waals surface area contributed by atoms with Gasteiger partial charge in [0.05, 0.1) is 27.2 Å². The summed E-state index contributed by atoms with van der Waals surface area (Å²) in [6.07, 6.45) is 0.282. The Bertz CT molecular complexity index is 1560. The second-order valence-electron chi connectivity index (χ2n) is 8.72. The van der Waals surface area contributed by atoms with Gasteiger partial charge in [-0.25, -0.2) is 16.8 Å². The van der Waals surface area contributed by atoms with Gasteiger partial charge in [0.25, 0.3) is 20.0 Å². The Kier molecular flexibility index (Phi) is 6.32. The van der Waals surface area contributed by atoms with Crippen LogP contribution in [-0.2, 0) is 20.0 Å². The van der Waals surface area contributed by atoms with Crippen LogP contribution in [0.4, 0.5) is 11.4 Å². The van der Waals surface area contributed by atoms with Crippen LogP contribution in [-0.4, -0.2) is 22.9 Å². The van der Waals surface area contributed by atoms with E-state index in [0.717, 1.165) is 0 Å². The number of anilines is 2. The number of rotatable bonds is 6. The molecule has 8 heteroatoms. The molecule has 4 aromatic carbocycles. The second kappa shape index (κ2) is 9.44. The minimum atomic E-state index is -3.96. The van der Waals surface area contributed by atoms with E-state index in [1.54, 1.807) is 97.1 Å². The van der Waals surface area contributed by atoms with E-state index in [4.69, 9.17) is 0 Å². The summed E-state index contributed by atoms with van der Waals surface area (Å²) in [6.45, 7) is 1.82. The maximum Gasteiger partial charge on any atom is 0.264 e. The molecule has 36 heavy (non-hydrogen) atoms. The molecule has 184 valence electrons. The summed E-state index contributed by atoms with van der Waals surface area (Å²) in [5, 5.41) is 0. The molecule has 0 bridgehead atoms. The highest BCUT2D eigenvalue weighted by Gasteiger charge is 2.43. The van der Waals surface area contributed by atoms with Gasteiger partial charge in [0.2, 0.25) is 0 Å². The van der Waals surface area contributed by atoms with E-state index >= 15 is 0 Å². The van der Waals surface area contributed by atoms with Crippen LogP contribution in [0, 0.1) is 0 Å². The summed E-state index contributed by atoms with van der Waals surface area (Å²) in [6, 6.07) is 31.7. The largest absolute Gasteiger partial charge is 0.264 e. The van der Waals surface area contributed by atoms with Gasteiger partial charge in [0.15, 0.2) is 0 Å². The van der Waals surface area contributed by atoms with Crippen LogP contribution in [0.25, 0.3) is 0 Å². The van der Waals surface area contributed by atoms with Gasteiger partial charge >= 0.3 is 0 Å². The summed E-state index contributed by atoms with van der Waals surface area (Å²) < 4.78 is 58.4. The third kappa shape index (κ3) is 4.16. The molecule has 6 nitrogen and oxygen atoms in total. The summed E-state index contributed by atoms with van der Waals surface area (Å²) in [5.41, 5.74) is 1.64. The van der Waals surface area contributed by atoms with Gasteiger partial charge in [0.1, 0.15) is 0 Å². The third-order valence-corrected chi connectivity index (χ3v) is 10.2. The molecule has 1 aliphatic heterocycles. The highest BCUT2D eigenvalue weighted by atomic mass is 32.2. The van der Waals surface area contributed by atoms with Crippen LogP contribution in [0.5, 0.6) is 0 Å². The van der Waals surface area contributed by atoms with E-state index in [2.05, 4.69) is 0 Å². The van der Waals surface area contributed by atoms with Crippen LogP contribution in [0.3, 0.4) is 0 Å². The lowest BCUT2D eigenvalue weighted by Crippen LogP contribution is -2.47. The van der Waals surface area contributed by atoms with Gasteiger partial charge in [-0.3, -0.25) is 8.61 Å². The van der Waals surface area contributed by atoms with E-state index in [1.807, 2.05) is 25.1 Å². The summed E-state index contributed by atoms with van der Waals surface area (Å²) >= 11 is 0. The van der Waals surface area contributed by atoms with Crippen molar-refractivity contribution in [1.82, 2.24) is 0 Å². The van der Waals surface area contributed by atoms with Crippen LogP contribution in [0.1, 0.15) is 24.9 Å². The van der Waals surface area contributed by atoms with Gasteiger partial charge < -0.3 is 0 Å². The van der Waals surface area contributed by atoms with Crippen molar-refractivity contribution >= 4 is 31.4 Å². The van der Waals surface area contributed by atoms with Crippen LogP contribution in [0.15, 0.2) is 125 Å². The summed E-state index contributed by atoms with van der Waals surface area (Å²) in [5.74, 6) is 0.